The third kappa shape index (κ3) is 3.75. The maximum atomic E-state index is 13.0. The Morgan fingerprint density at radius 2 is 1.97 bits per heavy atom. The highest BCUT2D eigenvalue weighted by Crippen LogP contribution is 2.33. The van der Waals surface area contributed by atoms with Crippen LogP contribution < -0.4 is 10.2 Å². The lowest BCUT2D eigenvalue weighted by molar-refractivity contribution is -0.137. The van der Waals surface area contributed by atoms with Crippen LogP contribution in [0.5, 0.6) is 0 Å². The number of carbonyl (C=O) groups is 1. The standard InChI is InChI=1S/C19H17F3N4O3/c1-11-14(17(27)25-13-4-2-3-12(9-13)19(20,21)22)15-16(23-10-24-18(15)29-11)26-5-7-28-8-6-26/h2-4,9-10H,5-8H2,1H3,(H,25,27). The Bertz CT molecular complexity index is 1060. The van der Waals surface area contributed by atoms with Gasteiger partial charge in [-0.1, -0.05) is 6.07 Å². The molecule has 152 valence electrons. The molecule has 0 saturated carbocycles. The molecule has 3 heterocycles. The number of amides is 1. The highest BCUT2D eigenvalue weighted by molar-refractivity contribution is 6.15. The maximum absolute atomic E-state index is 13.0. The molecule has 0 unspecified atom stereocenters. The van der Waals surface area contributed by atoms with Crippen LogP contribution in [-0.4, -0.2) is 42.2 Å². The highest BCUT2D eigenvalue weighted by atomic mass is 19.4. The van der Waals surface area contributed by atoms with Gasteiger partial charge in [-0.15, -0.1) is 0 Å². The minimum Gasteiger partial charge on any atom is -0.442 e. The monoisotopic (exact) mass is 406 g/mol. The number of aryl methyl sites for hydroxylation is 1. The SMILES string of the molecule is Cc1oc2ncnc(N3CCOCC3)c2c1C(=O)Nc1cccc(C(F)(F)F)c1. The first kappa shape index (κ1) is 19.2. The molecule has 0 bridgehead atoms. The molecule has 1 aliphatic rings. The number of benzene rings is 1. The van der Waals surface area contributed by atoms with Gasteiger partial charge in [-0.2, -0.15) is 13.2 Å². The average Bonchev–Trinajstić information content (AvgIpc) is 3.04. The van der Waals surface area contributed by atoms with Gasteiger partial charge in [0.2, 0.25) is 5.71 Å². The number of alkyl halides is 3. The molecule has 1 saturated heterocycles. The normalized spacial score (nSPS) is 15.0. The summed E-state index contributed by atoms with van der Waals surface area (Å²) in [5.74, 6) is 0.244. The molecule has 0 atom stereocenters. The Morgan fingerprint density at radius 1 is 1.21 bits per heavy atom. The van der Waals surface area contributed by atoms with Crippen molar-refractivity contribution in [3.63, 3.8) is 0 Å². The molecule has 3 aromatic rings. The van der Waals surface area contributed by atoms with Crippen molar-refractivity contribution in [1.82, 2.24) is 9.97 Å². The zero-order chi connectivity index (χ0) is 20.6. The van der Waals surface area contributed by atoms with Gasteiger partial charge >= 0.3 is 6.18 Å². The van der Waals surface area contributed by atoms with E-state index in [1.54, 1.807) is 6.92 Å². The molecule has 1 fully saturated rings. The number of hydrogen-bond donors (Lipinski definition) is 1. The van der Waals surface area contributed by atoms with Crippen LogP contribution in [0.15, 0.2) is 35.0 Å². The number of furan rings is 1. The lowest BCUT2D eigenvalue weighted by atomic mass is 10.1. The van der Waals surface area contributed by atoms with Gasteiger partial charge in [0, 0.05) is 18.8 Å². The molecular weight excluding hydrogens is 389 g/mol. The van der Waals surface area contributed by atoms with Crippen LogP contribution in [0.1, 0.15) is 21.7 Å². The smallest absolute Gasteiger partial charge is 0.416 e. The number of anilines is 2. The second-order valence-corrected chi connectivity index (χ2v) is 6.54. The van der Waals surface area contributed by atoms with Crippen molar-refractivity contribution in [2.75, 3.05) is 36.5 Å². The van der Waals surface area contributed by atoms with Gasteiger partial charge in [0.05, 0.1) is 29.7 Å². The number of ether oxygens (including phenoxy) is 1. The quantitative estimate of drug-likeness (QED) is 0.715. The van der Waals surface area contributed by atoms with E-state index in [0.29, 0.717) is 43.3 Å². The number of fused-ring (bicyclic) bond motifs is 1. The van der Waals surface area contributed by atoms with E-state index in [1.807, 2.05) is 4.90 Å². The molecular formula is C19H17F3N4O3. The molecule has 7 nitrogen and oxygen atoms in total. The topological polar surface area (TPSA) is 80.5 Å². The van der Waals surface area contributed by atoms with Gasteiger partial charge in [-0.05, 0) is 25.1 Å². The van der Waals surface area contributed by atoms with Crippen LogP contribution in [0.3, 0.4) is 0 Å². The molecule has 10 heteroatoms. The third-order valence-electron chi connectivity index (χ3n) is 4.63. The van der Waals surface area contributed by atoms with Crippen LogP contribution in [0.25, 0.3) is 11.1 Å². The minimum absolute atomic E-state index is 0.0309. The molecule has 0 spiro atoms. The first-order valence-corrected chi connectivity index (χ1v) is 8.90. The van der Waals surface area contributed by atoms with Crippen LogP contribution in [0, 0.1) is 6.92 Å². The summed E-state index contributed by atoms with van der Waals surface area (Å²) in [6, 6.07) is 4.46. The Balaban J connectivity index is 1.72. The largest absolute Gasteiger partial charge is 0.442 e. The van der Waals surface area contributed by atoms with E-state index in [2.05, 4.69) is 15.3 Å². The molecule has 29 heavy (non-hydrogen) atoms. The van der Waals surface area contributed by atoms with Gasteiger partial charge < -0.3 is 19.4 Å². The maximum Gasteiger partial charge on any atom is 0.416 e. The lowest BCUT2D eigenvalue weighted by Crippen LogP contribution is -2.37. The van der Waals surface area contributed by atoms with Gasteiger partial charge in [-0.3, -0.25) is 4.79 Å². The van der Waals surface area contributed by atoms with E-state index in [0.717, 1.165) is 12.1 Å². The summed E-state index contributed by atoms with van der Waals surface area (Å²) < 4.78 is 49.8. The van der Waals surface area contributed by atoms with Crippen molar-refractivity contribution < 1.29 is 27.1 Å². The van der Waals surface area contributed by atoms with E-state index in [4.69, 9.17) is 9.15 Å². The van der Waals surface area contributed by atoms with Gasteiger partial charge in [0.25, 0.3) is 5.91 Å². The predicted molar refractivity (Wildman–Crippen MR) is 99.0 cm³/mol. The predicted octanol–water partition coefficient (Wildman–Crippen LogP) is 3.64. The Morgan fingerprint density at radius 3 is 2.69 bits per heavy atom. The first-order chi connectivity index (χ1) is 13.8. The van der Waals surface area contributed by atoms with E-state index < -0.39 is 17.6 Å². The summed E-state index contributed by atoms with van der Waals surface area (Å²) in [5, 5.41) is 2.95. The first-order valence-electron chi connectivity index (χ1n) is 8.90. The number of halogens is 3. The summed E-state index contributed by atoms with van der Waals surface area (Å²) in [6.45, 7) is 3.82. The fraction of sp³-hybridized carbons (Fsp3) is 0.316. The molecule has 2 aromatic heterocycles. The Kier molecular flexibility index (Phi) is 4.87. The number of aromatic nitrogens is 2. The van der Waals surface area contributed by atoms with Crippen LogP contribution in [0.4, 0.5) is 24.7 Å². The number of morpholine rings is 1. The Labute approximate surface area is 163 Å². The van der Waals surface area contributed by atoms with Crippen LogP contribution in [-0.2, 0) is 10.9 Å². The van der Waals surface area contributed by atoms with E-state index in [1.165, 1.54) is 18.5 Å². The zero-order valence-corrected chi connectivity index (χ0v) is 15.4. The van der Waals surface area contributed by atoms with Crippen molar-refractivity contribution in [3.8, 4) is 0 Å². The van der Waals surface area contributed by atoms with Crippen molar-refractivity contribution in [3.05, 3.63) is 47.5 Å². The number of hydrogen-bond acceptors (Lipinski definition) is 6. The van der Waals surface area contributed by atoms with Crippen molar-refractivity contribution in [2.24, 2.45) is 0 Å². The molecule has 4 rings (SSSR count). The zero-order valence-electron chi connectivity index (χ0n) is 15.4. The molecule has 1 aliphatic heterocycles. The minimum atomic E-state index is -4.50. The number of nitrogens with zero attached hydrogens (tertiary/aromatic N) is 3. The second kappa shape index (κ2) is 7.36. The number of nitrogens with one attached hydrogen (secondary N) is 1. The lowest BCUT2D eigenvalue weighted by Gasteiger charge is -2.28. The van der Waals surface area contributed by atoms with Gasteiger partial charge in [0.15, 0.2) is 0 Å². The van der Waals surface area contributed by atoms with Crippen molar-refractivity contribution in [2.45, 2.75) is 13.1 Å². The van der Waals surface area contributed by atoms with Crippen LogP contribution in [0.2, 0.25) is 0 Å². The summed E-state index contributed by atoms with van der Waals surface area (Å²) >= 11 is 0. The van der Waals surface area contributed by atoms with E-state index in [-0.39, 0.29) is 17.0 Å². The fourth-order valence-corrected chi connectivity index (χ4v) is 3.28. The van der Waals surface area contributed by atoms with Crippen LogP contribution >= 0.6 is 0 Å². The molecule has 0 aliphatic carbocycles. The van der Waals surface area contributed by atoms with Crippen molar-refractivity contribution in [1.29, 1.82) is 0 Å². The third-order valence-corrected chi connectivity index (χ3v) is 4.63. The van der Waals surface area contributed by atoms with E-state index in [9.17, 15) is 18.0 Å². The molecule has 1 aromatic carbocycles. The highest BCUT2D eigenvalue weighted by Gasteiger charge is 2.31. The molecule has 0 radical (unpaired) electrons. The van der Waals surface area contributed by atoms with E-state index >= 15 is 0 Å². The second-order valence-electron chi connectivity index (χ2n) is 6.54. The summed E-state index contributed by atoms with van der Waals surface area (Å²) in [5.41, 5.74) is -0.377. The summed E-state index contributed by atoms with van der Waals surface area (Å²) in [4.78, 5) is 23.3. The fourth-order valence-electron chi connectivity index (χ4n) is 3.28. The number of rotatable bonds is 3. The van der Waals surface area contributed by atoms with Gasteiger partial charge in [-0.25, -0.2) is 9.97 Å². The summed E-state index contributed by atoms with van der Waals surface area (Å²) in [7, 11) is 0. The van der Waals surface area contributed by atoms with Gasteiger partial charge in [0.1, 0.15) is 17.9 Å². The summed E-state index contributed by atoms with van der Waals surface area (Å²) in [6.07, 6.45) is -3.15. The average molecular weight is 406 g/mol. The van der Waals surface area contributed by atoms with Crippen molar-refractivity contribution >= 4 is 28.5 Å². The molecule has 1 amide bonds. The molecule has 1 N–H and O–H groups in total. The number of carbonyl (C=O) groups excluding carboxylic acids is 1. The Hall–Kier alpha value is -3.14.